The fraction of sp³-hybridized carbons (Fsp3) is 0.0714. The molecule has 3 rings (SSSR count). The maximum absolute atomic E-state index is 12.1. The Kier molecular flexibility index (Phi) is 2.78. The van der Waals surface area contributed by atoms with Crippen molar-refractivity contribution in [1.82, 2.24) is 0 Å². The molecule has 1 atom stereocenters. The molecule has 0 aromatic heterocycles. The Balaban J connectivity index is 2.22. The van der Waals surface area contributed by atoms with Crippen molar-refractivity contribution in [1.29, 1.82) is 0 Å². The molecule has 0 saturated carbocycles. The Morgan fingerprint density at radius 2 is 1.79 bits per heavy atom. The predicted molar refractivity (Wildman–Crippen MR) is 74.5 cm³/mol. The van der Waals surface area contributed by atoms with E-state index < -0.39 is 11.5 Å². The molecule has 2 aromatic carbocycles. The minimum atomic E-state index is -1.73. The van der Waals surface area contributed by atoms with Gasteiger partial charge >= 0.3 is 0 Å². The zero-order valence-electron chi connectivity index (χ0n) is 9.65. The van der Waals surface area contributed by atoms with Crippen LogP contribution in [0.4, 0.5) is 5.69 Å². The second-order valence-electron chi connectivity index (χ2n) is 4.34. The summed E-state index contributed by atoms with van der Waals surface area (Å²) in [7, 11) is 0. The predicted octanol–water partition coefficient (Wildman–Crippen LogP) is 3.18. The highest BCUT2D eigenvalue weighted by molar-refractivity contribution is 6.42. The van der Waals surface area contributed by atoms with E-state index in [9.17, 15) is 9.90 Å². The number of aliphatic hydroxyl groups is 1. The Hall–Kier alpha value is -1.55. The van der Waals surface area contributed by atoms with Crippen molar-refractivity contribution >= 4 is 34.8 Å². The lowest BCUT2D eigenvalue weighted by Crippen LogP contribution is -2.35. The Bertz CT molecular complexity index is 687. The highest BCUT2D eigenvalue weighted by Crippen LogP contribution is 2.41. The summed E-state index contributed by atoms with van der Waals surface area (Å²) in [4.78, 5) is 12.1. The third-order valence-electron chi connectivity index (χ3n) is 3.23. The maximum atomic E-state index is 12.1. The van der Waals surface area contributed by atoms with E-state index in [1.807, 2.05) is 0 Å². The topological polar surface area (TPSA) is 49.3 Å². The molecule has 1 aliphatic heterocycles. The minimum absolute atomic E-state index is 0.296. The first-order chi connectivity index (χ1) is 9.03. The fourth-order valence-corrected chi connectivity index (χ4v) is 2.55. The molecule has 0 spiro atoms. The molecule has 96 valence electrons. The van der Waals surface area contributed by atoms with Crippen LogP contribution in [0.2, 0.25) is 10.0 Å². The summed E-state index contributed by atoms with van der Waals surface area (Å²) >= 11 is 11.8. The molecule has 0 saturated heterocycles. The van der Waals surface area contributed by atoms with Crippen molar-refractivity contribution < 1.29 is 9.90 Å². The first-order valence-corrected chi connectivity index (χ1v) is 6.38. The third kappa shape index (κ3) is 1.74. The van der Waals surface area contributed by atoms with Crippen molar-refractivity contribution in [2.45, 2.75) is 5.60 Å². The largest absolute Gasteiger partial charge is 0.372 e. The minimum Gasteiger partial charge on any atom is -0.372 e. The van der Waals surface area contributed by atoms with Crippen molar-refractivity contribution in [3.8, 4) is 0 Å². The number of amides is 1. The van der Waals surface area contributed by atoms with E-state index in [1.165, 1.54) is 6.07 Å². The number of hydrogen-bond acceptors (Lipinski definition) is 2. The number of rotatable bonds is 1. The summed E-state index contributed by atoms with van der Waals surface area (Å²) in [6.07, 6.45) is 0. The molecule has 1 heterocycles. The van der Waals surface area contributed by atoms with E-state index in [-0.39, 0.29) is 0 Å². The van der Waals surface area contributed by atoms with Crippen LogP contribution in [-0.2, 0) is 10.4 Å². The molecule has 1 amide bonds. The third-order valence-corrected chi connectivity index (χ3v) is 3.97. The van der Waals surface area contributed by atoms with Crippen LogP contribution in [0.25, 0.3) is 0 Å². The summed E-state index contributed by atoms with van der Waals surface area (Å²) in [5, 5.41) is 14.1. The van der Waals surface area contributed by atoms with Gasteiger partial charge in [0, 0.05) is 11.3 Å². The van der Waals surface area contributed by atoms with Gasteiger partial charge in [-0.1, -0.05) is 47.5 Å². The van der Waals surface area contributed by atoms with Gasteiger partial charge in [-0.15, -0.1) is 0 Å². The Morgan fingerprint density at radius 3 is 2.53 bits per heavy atom. The van der Waals surface area contributed by atoms with E-state index in [0.29, 0.717) is 26.9 Å². The standard InChI is InChI=1S/C14H9Cl2NO2/c15-10-6-5-8(7-11(10)16)14(19)9-3-1-2-4-12(9)17-13(14)18/h1-7,19H,(H,17,18)/t14-/m0/s1. The number of fused-ring (bicyclic) bond motifs is 1. The van der Waals surface area contributed by atoms with E-state index in [4.69, 9.17) is 23.2 Å². The molecular weight excluding hydrogens is 285 g/mol. The van der Waals surface area contributed by atoms with Gasteiger partial charge in [0.25, 0.3) is 5.91 Å². The molecule has 19 heavy (non-hydrogen) atoms. The summed E-state index contributed by atoms with van der Waals surface area (Å²) < 4.78 is 0. The monoisotopic (exact) mass is 293 g/mol. The number of benzene rings is 2. The van der Waals surface area contributed by atoms with Crippen molar-refractivity contribution in [3.63, 3.8) is 0 Å². The van der Waals surface area contributed by atoms with Crippen LogP contribution in [0.1, 0.15) is 11.1 Å². The molecule has 0 bridgehead atoms. The van der Waals surface area contributed by atoms with Gasteiger partial charge in [-0.2, -0.15) is 0 Å². The zero-order valence-corrected chi connectivity index (χ0v) is 11.2. The number of hydrogen-bond donors (Lipinski definition) is 2. The molecule has 0 fully saturated rings. The molecule has 0 unspecified atom stereocenters. The summed E-state index contributed by atoms with van der Waals surface area (Å²) in [5.41, 5.74) is -0.228. The van der Waals surface area contributed by atoms with Crippen molar-refractivity contribution in [3.05, 3.63) is 63.6 Å². The fourth-order valence-electron chi connectivity index (χ4n) is 2.25. The van der Waals surface area contributed by atoms with Gasteiger partial charge in [0.05, 0.1) is 10.0 Å². The SMILES string of the molecule is O=C1Nc2ccccc2[C@@]1(O)c1ccc(Cl)c(Cl)c1. The van der Waals surface area contributed by atoms with Crippen LogP contribution in [-0.4, -0.2) is 11.0 Å². The van der Waals surface area contributed by atoms with E-state index in [0.717, 1.165) is 0 Å². The highest BCUT2D eigenvalue weighted by atomic mass is 35.5. The Morgan fingerprint density at radius 1 is 1.05 bits per heavy atom. The lowest BCUT2D eigenvalue weighted by Gasteiger charge is -2.21. The molecule has 1 aliphatic rings. The van der Waals surface area contributed by atoms with Gasteiger partial charge in [0.2, 0.25) is 0 Å². The average molecular weight is 294 g/mol. The number of carbonyl (C=O) groups is 1. The number of anilines is 1. The molecular formula is C14H9Cl2NO2. The zero-order chi connectivity index (χ0) is 13.6. The molecule has 0 aliphatic carbocycles. The average Bonchev–Trinajstić information content (AvgIpc) is 2.66. The lowest BCUT2D eigenvalue weighted by molar-refractivity contribution is -0.129. The summed E-state index contributed by atoms with van der Waals surface area (Å²) in [5.74, 6) is -0.493. The number of para-hydroxylation sites is 1. The van der Waals surface area contributed by atoms with Crippen LogP contribution in [0.15, 0.2) is 42.5 Å². The number of carbonyl (C=O) groups excluding carboxylic acids is 1. The van der Waals surface area contributed by atoms with Crippen LogP contribution in [0, 0.1) is 0 Å². The van der Waals surface area contributed by atoms with E-state index in [1.54, 1.807) is 36.4 Å². The quantitative estimate of drug-likeness (QED) is 0.848. The lowest BCUT2D eigenvalue weighted by atomic mass is 9.87. The van der Waals surface area contributed by atoms with Crippen LogP contribution in [0.5, 0.6) is 0 Å². The highest BCUT2D eigenvalue weighted by Gasteiger charge is 2.46. The van der Waals surface area contributed by atoms with Gasteiger partial charge in [0.1, 0.15) is 0 Å². The van der Waals surface area contributed by atoms with Crippen LogP contribution >= 0.6 is 23.2 Å². The van der Waals surface area contributed by atoms with Crippen molar-refractivity contribution in [2.24, 2.45) is 0 Å². The summed E-state index contributed by atoms with van der Waals surface area (Å²) in [6.45, 7) is 0. The second-order valence-corrected chi connectivity index (χ2v) is 5.15. The van der Waals surface area contributed by atoms with E-state index >= 15 is 0 Å². The molecule has 2 N–H and O–H groups in total. The molecule has 2 aromatic rings. The van der Waals surface area contributed by atoms with Crippen LogP contribution in [0.3, 0.4) is 0 Å². The molecule has 5 heteroatoms. The normalized spacial score (nSPS) is 21.1. The van der Waals surface area contributed by atoms with Crippen molar-refractivity contribution in [2.75, 3.05) is 5.32 Å². The second kappa shape index (κ2) is 4.23. The summed E-state index contributed by atoms with van der Waals surface area (Å²) in [6, 6.07) is 11.7. The maximum Gasteiger partial charge on any atom is 0.265 e. The molecule has 0 radical (unpaired) electrons. The number of nitrogens with one attached hydrogen (secondary N) is 1. The first-order valence-electron chi connectivity index (χ1n) is 5.62. The van der Waals surface area contributed by atoms with Gasteiger partial charge < -0.3 is 10.4 Å². The number of halogens is 2. The van der Waals surface area contributed by atoms with Crippen LogP contribution < -0.4 is 5.32 Å². The van der Waals surface area contributed by atoms with Gasteiger partial charge in [-0.05, 0) is 23.8 Å². The first kappa shape index (κ1) is 12.5. The Labute approximate surface area is 119 Å². The van der Waals surface area contributed by atoms with Gasteiger partial charge in [-0.25, -0.2) is 0 Å². The smallest absolute Gasteiger partial charge is 0.265 e. The van der Waals surface area contributed by atoms with E-state index in [2.05, 4.69) is 5.32 Å². The molecule has 3 nitrogen and oxygen atoms in total. The van der Waals surface area contributed by atoms with Gasteiger partial charge in [-0.3, -0.25) is 4.79 Å². The van der Waals surface area contributed by atoms with Gasteiger partial charge in [0.15, 0.2) is 5.60 Å².